The van der Waals surface area contributed by atoms with Crippen LogP contribution in [0.1, 0.15) is 0 Å². The number of alkyl halides is 6. The fraction of sp³-hybridized carbons (Fsp3) is 0.222. The van der Waals surface area contributed by atoms with Gasteiger partial charge in [-0.3, -0.25) is 0 Å². The molecule has 0 fully saturated rings. The van der Waals surface area contributed by atoms with Gasteiger partial charge in [0.25, 0.3) is 0 Å². The Bertz CT molecular complexity index is 313. The van der Waals surface area contributed by atoms with Crippen LogP contribution in [0.25, 0.3) is 0 Å². The topological polar surface area (TPSA) is 0 Å². The van der Waals surface area contributed by atoms with E-state index in [1.165, 1.54) is 0 Å². The SMILES string of the molecule is FC(F)(F)/C([S-])=C(/[S-])C(F)(F)F.[Ni].c1cc[cH-]c1. The standard InChI is InChI=1S/C5H5.C4H2F6S2.Ni/c1-2-4-5-3-1;5-3(6,7)1(11)2(12)4(8,9)10;/h1-5H;11-12H;/q-1;;/p-2/b;2-1-;. The van der Waals surface area contributed by atoms with Gasteiger partial charge in [0.1, 0.15) is 0 Å². The number of allylic oxidation sites excluding steroid dienone is 2. The van der Waals surface area contributed by atoms with Crippen LogP contribution in [-0.4, -0.2) is 12.4 Å². The molecule has 0 heterocycles. The van der Waals surface area contributed by atoms with Gasteiger partial charge < -0.3 is 25.3 Å². The fourth-order valence-corrected chi connectivity index (χ4v) is 0.810. The molecule has 0 spiro atoms. The molecule has 0 N–H and O–H groups in total. The van der Waals surface area contributed by atoms with Crippen molar-refractivity contribution >= 4 is 25.3 Å². The minimum atomic E-state index is -5.19. The van der Waals surface area contributed by atoms with Gasteiger partial charge in [0.2, 0.25) is 0 Å². The summed E-state index contributed by atoms with van der Waals surface area (Å²) in [6, 6.07) is 10.0. The van der Waals surface area contributed by atoms with Gasteiger partial charge >= 0.3 is 12.4 Å². The molecule has 0 aliphatic heterocycles. The van der Waals surface area contributed by atoms with Gasteiger partial charge in [0.15, 0.2) is 0 Å². The van der Waals surface area contributed by atoms with Crippen LogP contribution in [0.5, 0.6) is 0 Å². The van der Waals surface area contributed by atoms with E-state index in [-0.39, 0.29) is 16.5 Å². The van der Waals surface area contributed by atoms with Crippen molar-refractivity contribution in [3.8, 4) is 0 Å². The average molecular weight is 350 g/mol. The molecule has 1 aromatic rings. The van der Waals surface area contributed by atoms with Gasteiger partial charge in [-0.1, -0.05) is 0 Å². The molecule has 0 aromatic heterocycles. The van der Waals surface area contributed by atoms with E-state index in [1.54, 1.807) is 0 Å². The number of hydrogen-bond donors (Lipinski definition) is 0. The third-order valence-corrected chi connectivity index (χ3v) is 2.28. The average Bonchev–Trinajstić information content (AvgIpc) is 2.70. The molecule has 0 aliphatic rings. The van der Waals surface area contributed by atoms with Crippen molar-refractivity contribution in [2.45, 2.75) is 12.4 Å². The Kier molecular flexibility index (Phi) is 8.76. The van der Waals surface area contributed by atoms with E-state index in [0.717, 1.165) is 0 Å². The Hall–Kier alpha value is -0.396. The second-order valence-corrected chi connectivity index (χ2v) is 3.43. The summed E-state index contributed by atoms with van der Waals surface area (Å²) in [6.07, 6.45) is -10.4. The van der Waals surface area contributed by atoms with Crippen LogP contribution in [0, 0.1) is 0 Å². The van der Waals surface area contributed by atoms with Crippen molar-refractivity contribution < 1.29 is 42.8 Å². The second-order valence-electron chi connectivity index (χ2n) is 2.62. The van der Waals surface area contributed by atoms with Crippen LogP contribution in [-0.2, 0) is 41.7 Å². The predicted molar refractivity (Wildman–Crippen MR) is 55.9 cm³/mol. The first-order chi connectivity index (χ1) is 7.57. The number of halogens is 6. The molecule has 0 amide bonds. The monoisotopic (exact) mass is 349 g/mol. The Morgan fingerprint density at radius 3 is 1.17 bits per heavy atom. The largest absolute Gasteiger partial charge is 0.777 e. The Morgan fingerprint density at radius 2 is 1.06 bits per heavy atom. The van der Waals surface area contributed by atoms with Crippen molar-refractivity contribution in [3.63, 3.8) is 0 Å². The van der Waals surface area contributed by atoms with Crippen molar-refractivity contribution in [1.29, 1.82) is 0 Å². The molecule has 0 nitrogen and oxygen atoms in total. The minimum Gasteiger partial charge on any atom is -0.777 e. The molecule has 18 heavy (non-hydrogen) atoms. The summed E-state index contributed by atoms with van der Waals surface area (Å²) in [7, 11) is 0. The van der Waals surface area contributed by atoms with Crippen LogP contribution < -0.4 is 0 Å². The Labute approximate surface area is 121 Å². The molecule has 0 saturated carbocycles. The van der Waals surface area contributed by atoms with E-state index in [0.29, 0.717) is 0 Å². The van der Waals surface area contributed by atoms with Crippen molar-refractivity contribution in [2.75, 3.05) is 0 Å². The van der Waals surface area contributed by atoms with E-state index in [4.69, 9.17) is 0 Å². The summed E-state index contributed by atoms with van der Waals surface area (Å²) in [5, 5.41) is 0. The fourth-order valence-electron chi connectivity index (χ4n) is 0.578. The molecular weight excluding hydrogens is 345 g/mol. The van der Waals surface area contributed by atoms with Crippen LogP contribution in [0.3, 0.4) is 0 Å². The molecule has 0 atom stereocenters. The molecule has 108 valence electrons. The van der Waals surface area contributed by atoms with Gasteiger partial charge in [-0.15, -0.1) is 9.81 Å². The normalized spacial score (nSPS) is 12.8. The van der Waals surface area contributed by atoms with Crippen LogP contribution in [0.15, 0.2) is 40.1 Å². The first-order valence-electron chi connectivity index (χ1n) is 3.96. The maximum atomic E-state index is 11.5. The molecular formula is C9H5F6NiS2-3. The maximum absolute atomic E-state index is 11.5. The van der Waals surface area contributed by atoms with Gasteiger partial charge in [-0.2, -0.15) is 44.5 Å². The first-order valence-corrected chi connectivity index (χ1v) is 4.78. The third kappa shape index (κ3) is 7.84. The zero-order chi connectivity index (χ0) is 13.7. The summed E-state index contributed by atoms with van der Waals surface area (Å²) in [5.41, 5.74) is 0. The van der Waals surface area contributed by atoms with Gasteiger partial charge in [-0.25, -0.2) is 12.1 Å². The summed E-state index contributed by atoms with van der Waals surface area (Å²) >= 11 is 6.95. The van der Waals surface area contributed by atoms with E-state index in [9.17, 15) is 26.3 Å². The van der Waals surface area contributed by atoms with Crippen molar-refractivity contribution in [1.82, 2.24) is 0 Å². The minimum absolute atomic E-state index is 0. The van der Waals surface area contributed by atoms with E-state index in [1.807, 2.05) is 30.3 Å². The second kappa shape index (κ2) is 7.91. The molecule has 1 rings (SSSR count). The van der Waals surface area contributed by atoms with Gasteiger partial charge in [-0.05, 0) is 0 Å². The number of hydrogen-bond acceptors (Lipinski definition) is 2. The first kappa shape index (κ1) is 19.9. The predicted octanol–water partition coefficient (Wildman–Crippen LogP) is 3.82. The number of rotatable bonds is 0. The Balaban J connectivity index is 0. The smallest absolute Gasteiger partial charge is 0.391 e. The van der Waals surface area contributed by atoms with Crippen LogP contribution >= 0.6 is 0 Å². The molecule has 1 aromatic carbocycles. The van der Waals surface area contributed by atoms with Crippen LogP contribution in [0.4, 0.5) is 26.3 Å². The summed E-state index contributed by atoms with van der Waals surface area (Å²) in [4.78, 5) is -4.41. The summed E-state index contributed by atoms with van der Waals surface area (Å²) in [6.45, 7) is 0. The quantitative estimate of drug-likeness (QED) is 0.302. The molecule has 0 unspecified atom stereocenters. The summed E-state index contributed by atoms with van der Waals surface area (Å²) in [5.74, 6) is 0. The van der Waals surface area contributed by atoms with E-state index in [2.05, 4.69) is 25.3 Å². The molecule has 0 aliphatic carbocycles. The van der Waals surface area contributed by atoms with Crippen molar-refractivity contribution in [3.05, 3.63) is 40.1 Å². The Morgan fingerprint density at radius 1 is 0.778 bits per heavy atom. The van der Waals surface area contributed by atoms with Crippen molar-refractivity contribution in [2.24, 2.45) is 0 Å². The zero-order valence-electron chi connectivity index (χ0n) is 8.29. The van der Waals surface area contributed by atoms with Gasteiger partial charge in [0, 0.05) is 16.5 Å². The van der Waals surface area contributed by atoms with Gasteiger partial charge in [0.05, 0.1) is 0 Å². The zero-order valence-corrected chi connectivity index (χ0v) is 10.9. The molecule has 0 saturated heterocycles. The third-order valence-electron chi connectivity index (χ3n) is 1.28. The molecule has 0 bridgehead atoms. The molecule has 0 radical (unpaired) electrons. The van der Waals surface area contributed by atoms with E-state index >= 15 is 0 Å². The van der Waals surface area contributed by atoms with Crippen LogP contribution in [0.2, 0.25) is 0 Å². The summed E-state index contributed by atoms with van der Waals surface area (Å²) < 4.78 is 69.0. The maximum Gasteiger partial charge on any atom is 0.391 e. The molecule has 9 heteroatoms. The van der Waals surface area contributed by atoms with E-state index < -0.39 is 22.2 Å².